The van der Waals surface area contributed by atoms with Gasteiger partial charge in [0.2, 0.25) is 10.0 Å². The van der Waals surface area contributed by atoms with E-state index in [4.69, 9.17) is 11.6 Å². The summed E-state index contributed by atoms with van der Waals surface area (Å²) in [5.41, 5.74) is 3.86. The van der Waals surface area contributed by atoms with Crippen molar-refractivity contribution in [2.45, 2.75) is 25.2 Å². The number of aryl methyl sites for hydroxylation is 2. The molecule has 1 heterocycles. The van der Waals surface area contributed by atoms with Crippen LogP contribution >= 0.6 is 11.6 Å². The van der Waals surface area contributed by atoms with E-state index in [9.17, 15) is 8.42 Å². The van der Waals surface area contributed by atoms with E-state index in [1.807, 2.05) is 31.2 Å². The number of H-pyrrole nitrogens is 1. The van der Waals surface area contributed by atoms with Crippen molar-refractivity contribution in [2.75, 3.05) is 6.54 Å². The molecule has 0 radical (unpaired) electrons. The number of sulfonamides is 1. The first-order valence-electron chi connectivity index (χ1n) is 7.70. The molecule has 0 saturated heterocycles. The van der Waals surface area contributed by atoms with Gasteiger partial charge in [-0.15, -0.1) is 0 Å². The van der Waals surface area contributed by atoms with Crippen molar-refractivity contribution in [3.63, 3.8) is 0 Å². The van der Waals surface area contributed by atoms with Gasteiger partial charge in [0.1, 0.15) is 0 Å². The maximum Gasteiger partial charge on any atom is 0.240 e. The molecule has 3 rings (SSSR count). The molecule has 0 saturated carbocycles. The molecule has 0 atom stereocenters. The van der Waals surface area contributed by atoms with Crippen molar-refractivity contribution in [3.8, 4) is 0 Å². The zero-order valence-corrected chi connectivity index (χ0v) is 15.1. The first-order valence-corrected chi connectivity index (χ1v) is 9.56. The van der Waals surface area contributed by atoms with Gasteiger partial charge in [-0.2, -0.15) is 0 Å². The Labute approximate surface area is 146 Å². The van der Waals surface area contributed by atoms with Crippen molar-refractivity contribution in [1.82, 2.24) is 9.71 Å². The quantitative estimate of drug-likeness (QED) is 0.721. The topological polar surface area (TPSA) is 62.0 Å². The zero-order valence-electron chi connectivity index (χ0n) is 13.6. The van der Waals surface area contributed by atoms with E-state index in [1.165, 1.54) is 0 Å². The fourth-order valence-electron chi connectivity index (χ4n) is 2.92. The molecule has 126 valence electrons. The number of fused-ring (bicyclic) bond motifs is 1. The lowest BCUT2D eigenvalue weighted by Crippen LogP contribution is -2.26. The number of rotatable bonds is 5. The normalized spacial score (nSPS) is 12.0. The molecule has 1 aromatic heterocycles. The standard InChI is InChI=1S/C18H19ClN2O2S/c1-12-5-3-4-6-18(12)24(22,23)20-10-9-15-13(2)21-17-8-7-14(19)11-16(15)17/h3-8,11,20-21H,9-10H2,1-2H3. The molecule has 2 aromatic carbocycles. The lowest BCUT2D eigenvalue weighted by molar-refractivity contribution is 0.581. The first-order chi connectivity index (χ1) is 11.4. The average Bonchev–Trinajstić information content (AvgIpc) is 2.83. The monoisotopic (exact) mass is 362 g/mol. The predicted molar refractivity (Wildman–Crippen MR) is 98.1 cm³/mol. The molecule has 0 aliphatic rings. The number of benzene rings is 2. The van der Waals surface area contributed by atoms with Crippen molar-refractivity contribution >= 4 is 32.5 Å². The van der Waals surface area contributed by atoms with Crippen LogP contribution in [0.2, 0.25) is 5.02 Å². The third kappa shape index (κ3) is 3.34. The number of halogens is 1. The Kier molecular flexibility index (Phi) is 4.67. The van der Waals surface area contributed by atoms with Gasteiger partial charge >= 0.3 is 0 Å². The summed E-state index contributed by atoms with van der Waals surface area (Å²) < 4.78 is 27.6. The molecule has 0 bridgehead atoms. The van der Waals surface area contributed by atoms with E-state index in [1.54, 1.807) is 25.1 Å². The van der Waals surface area contributed by atoms with Gasteiger partial charge in [0.25, 0.3) is 0 Å². The molecule has 0 unspecified atom stereocenters. The maximum atomic E-state index is 12.4. The van der Waals surface area contributed by atoms with E-state index in [0.717, 1.165) is 27.7 Å². The van der Waals surface area contributed by atoms with E-state index in [0.29, 0.717) is 22.9 Å². The van der Waals surface area contributed by atoms with Crippen LogP contribution in [0.1, 0.15) is 16.8 Å². The zero-order chi connectivity index (χ0) is 17.3. The molecular weight excluding hydrogens is 344 g/mol. The van der Waals surface area contributed by atoms with Crippen molar-refractivity contribution in [3.05, 3.63) is 64.3 Å². The largest absolute Gasteiger partial charge is 0.358 e. The molecule has 6 heteroatoms. The molecule has 4 nitrogen and oxygen atoms in total. The number of hydrogen-bond donors (Lipinski definition) is 2. The summed E-state index contributed by atoms with van der Waals surface area (Å²) in [4.78, 5) is 3.63. The average molecular weight is 363 g/mol. The summed E-state index contributed by atoms with van der Waals surface area (Å²) >= 11 is 6.08. The van der Waals surface area contributed by atoms with Gasteiger partial charge < -0.3 is 4.98 Å². The van der Waals surface area contributed by atoms with Gasteiger partial charge in [0.15, 0.2) is 0 Å². The van der Waals surface area contributed by atoms with E-state index in [-0.39, 0.29) is 0 Å². The molecular formula is C18H19ClN2O2S. The van der Waals surface area contributed by atoms with Crippen LogP contribution in [0.25, 0.3) is 10.9 Å². The minimum absolute atomic E-state index is 0.323. The van der Waals surface area contributed by atoms with Crippen molar-refractivity contribution < 1.29 is 8.42 Å². The molecule has 0 amide bonds. The van der Waals surface area contributed by atoms with Crippen LogP contribution in [-0.4, -0.2) is 19.9 Å². The summed E-state index contributed by atoms with van der Waals surface area (Å²) in [6.45, 7) is 4.11. The minimum atomic E-state index is -3.50. The van der Waals surface area contributed by atoms with E-state index < -0.39 is 10.0 Å². The van der Waals surface area contributed by atoms with Gasteiger partial charge in [0, 0.05) is 28.2 Å². The highest BCUT2D eigenvalue weighted by Crippen LogP contribution is 2.25. The molecule has 2 N–H and O–H groups in total. The fraction of sp³-hybridized carbons (Fsp3) is 0.222. The van der Waals surface area contributed by atoms with Crippen LogP contribution in [-0.2, 0) is 16.4 Å². The summed E-state index contributed by atoms with van der Waals surface area (Å²) in [5.74, 6) is 0. The first kappa shape index (κ1) is 17.0. The minimum Gasteiger partial charge on any atom is -0.358 e. The van der Waals surface area contributed by atoms with E-state index >= 15 is 0 Å². The Bertz CT molecular complexity index is 993. The number of aromatic nitrogens is 1. The molecule has 0 fully saturated rings. The SMILES string of the molecule is Cc1ccccc1S(=O)(=O)NCCc1c(C)[nH]c2ccc(Cl)cc12. The third-order valence-electron chi connectivity index (χ3n) is 4.13. The van der Waals surface area contributed by atoms with Crippen LogP contribution in [0.5, 0.6) is 0 Å². The molecule has 0 spiro atoms. The lowest BCUT2D eigenvalue weighted by Gasteiger charge is -2.09. The summed E-state index contributed by atoms with van der Waals surface area (Å²) in [6.07, 6.45) is 0.595. The molecule has 0 aliphatic heterocycles. The predicted octanol–water partition coefficient (Wildman–Crippen LogP) is 3.96. The van der Waals surface area contributed by atoms with E-state index in [2.05, 4.69) is 9.71 Å². The highest BCUT2D eigenvalue weighted by atomic mass is 35.5. The van der Waals surface area contributed by atoms with Gasteiger partial charge in [-0.3, -0.25) is 0 Å². The Hall–Kier alpha value is -1.82. The molecule has 0 aliphatic carbocycles. The number of nitrogens with one attached hydrogen (secondary N) is 2. The maximum absolute atomic E-state index is 12.4. The number of hydrogen-bond acceptors (Lipinski definition) is 2. The van der Waals surface area contributed by atoms with Crippen molar-refractivity contribution in [2.24, 2.45) is 0 Å². The summed E-state index contributed by atoms with van der Waals surface area (Å²) in [5, 5.41) is 1.71. The fourth-order valence-corrected chi connectivity index (χ4v) is 4.37. The highest BCUT2D eigenvalue weighted by molar-refractivity contribution is 7.89. The lowest BCUT2D eigenvalue weighted by atomic mass is 10.1. The Morgan fingerprint density at radius 3 is 2.62 bits per heavy atom. The van der Waals surface area contributed by atoms with Gasteiger partial charge in [0.05, 0.1) is 4.90 Å². The summed E-state index contributed by atoms with van der Waals surface area (Å²) in [6, 6.07) is 12.7. The second kappa shape index (κ2) is 6.59. The van der Waals surface area contributed by atoms with Crippen molar-refractivity contribution in [1.29, 1.82) is 0 Å². The molecule has 3 aromatic rings. The smallest absolute Gasteiger partial charge is 0.240 e. The van der Waals surface area contributed by atoms with Crippen LogP contribution in [0.4, 0.5) is 0 Å². The van der Waals surface area contributed by atoms with Crippen LogP contribution in [0.15, 0.2) is 47.4 Å². The third-order valence-corrected chi connectivity index (χ3v) is 5.99. The summed E-state index contributed by atoms with van der Waals surface area (Å²) in [7, 11) is -3.50. The highest BCUT2D eigenvalue weighted by Gasteiger charge is 2.16. The Morgan fingerprint density at radius 1 is 1.12 bits per heavy atom. The van der Waals surface area contributed by atoms with Gasteiger partial charge in [-0.1, -0.05) is 29.8 Å². The van der Waals surface area contributed by atoms with Gasteiger partial charge in [-0.25, -0.2) is 13.1 Å². The van der Waals surface area contributed by atoms with Crippen LogP contribution in [0, 0.1) is 13.8 Å². The molecule has 24 heavy (non-hydrogen) atoms. The second-order valence-corrected chi connectivity index (χ2v) is 8.00. The van der Waals surface area contributed by atoms with Gasteiger partial charge in [-0.05, 0) is 55.7 Å². The number of aromatic amines is 1. The Morgan fingerprint density at radius 2 is 1.88 bits per heavy atom. The van der Waals surface area contributed by atoms with Crippen LogP contribution in [0.3, 0.4) is 0 Å². The Balaban J connectivity index is 1.79. The van der Waals surface area contributed by atoms with Crippen LogP contribution < -0.4 is 4.72 Å². The second-order valence-electron chi connectivity index (χ2n) is 5.83.